The second-order valence-corrected chi connectivity index (χ2v) is 2.68. The molecule has 1 aliphatic heterocycles. The van der Waals surface area contributed by atoms with Crippen molar-refractivity contribution in [3.63, 3.8) is 0 Å². The summed E-state index contributed by atoms with van der Waals surface area (Å²) in [6, 6.07) is 0. The van der Waals surface area contributed by atoms with E-state index in [1.807, 2.05) is 18.0 Å². The Balaban J connectivity index is 2.74. The SMILES string of the molecule is CC1=CCN(C)C(Cl)=C1. The highest BCUT2D eigenvalue weighted by atomic mass is 35.5. The van der Waals surface area contributed by atoms with Crippen molar-refractivity contribution in [2.75, 3.05) is 13.6 Å². The van der Waals surface area contributed by atoms with E-state index in [1.165, 1.54) is 5.57 Å². The number of allylic oxidation sites excluding steroid dienone is 2. The maximum Gasteiger partial charge on any atom is 0.105 e. The van der Waals surface area contributed by atoms with Gasteiger partial charge >= 0.3 is 0 Å². The monoisotopic (exact) mass is 143 g/mol. The van der Waals surface area contributed by atoms with Gasteiger partial charge in [0.25, 0.3) is 0 Å². The average molecular weight is 144 g/mol. The first-order valence-corrected chi connectivity index (χ1v) is 3.33. The third kappa shape index (κ3) is 1.49. The summed E-state index contributed by atoms with van der Waals surface area (Å²) in [7, 11) is 1.97. The number of hydrogen-bond donors (Lipinski definition) is 0. The Kier molecular flexibility index (Phi) is 1.81. The van der Waals surface area contributed by atoms with E-state index < -0.39 is 0 Å². The van der Waals surface area contributed by atoms with Crippen LogP contribution in [0.15, 0.2) is 22.9 Å². The summed E-state index contributed by atoms with van der Waals surface area (Å²) < 4.78 is 0. The van der Waals surface area contributed by atoms with Gasteiger partial charge in [0.1, 0.15) is 5.16 Å². The van der Waals surface area contributed by atoms with Crippen molar-refractivity contribution in [2.45, 2.75) is 6.92 Å². The van der Waals surface area contributed by atoms with Crippen LogP contribution < -0.4 is 0 Å². The molecule has 50 valence electrons. The van der Waals surface area contributed by atoms with Crippen LogP contribution in [-0.2, 0) is 0 Å². The third-order valence-electron chi connectivity index (χ3n) is 1.40. The first-order valence-electron chi connectivity index (χ1n) is 2.95. The average Bonchev–Trinajstić information content (AvgIpc) is 1.80. The Hall–Kier alpha value is -0.430. The van der Waals surface area contributed by atoms with Crippen molar-refractivity contribution in [3.05, 3.63) is 22.9 Å². The lowest BCUT2D eigenvalue weighted by Gasteiger charge is -2.19. The zero-order chi connectivity index (χ0) is 6.85. The Bertz CT molecular complexity index is 170. The van der Waals surface area contributed by atoms with Crippen LogP contribution in [0.25, 0.3) is 0 Å². The van der Waals surface area contributed by atoms with E-state index in [9.17, 15) is 0 Å². The molecule has 1 aliphatic rings. The summed E-state index contributed by atoms with van der Waals surface area (Å²) in [6.07, 6.45) is 4.11. The van der Waals surface area contributed by atoms with Crippen molar-refractivity contribution in [1.82, 2.24) is 4.90 Å². The summed E-state index contributed by atoms with van der Waals surface area (Å²) in [5.74, 6) is 0. The summed E-state index contributed by atoms with van der Waals surface area (Å²) in [5, 5.41) is 0.829. The van der Waals surface area contributed by atoms with E-state index in [-0.39, 0.29) is 0 Å². The Morgan fingerprint density at radius 3 is 2.78 bits per heavy atom. The molecule has 0 N–H and O–H groups in total. The molecule has 0 aliphatic carbocycles. The van der Waals surface area contributed by atoms with Gasteiger partial charge in [-0.1, -0.05) is 23.3 Å². The first-order chi connectivity index (χ1) is 4.20. The molecule has 1 rings (SSSR count). The van der Waals surface area contributed by atoms with Gasteiger partial charge < -0.3 is 4.90 Å². The fraction of sp³-hybridized carbons (Fsp3) is 0.429. The lowest BCUT2D eigenvalue weighted by atomic mass is 10.2. The van der Waals surface area contributed by atoms with Crippen LogP contribution in [-0.4, -0.2) is 18.5 Å². The second kappa shape index (κ2) is 2.44. The molecule has 0 aromatic carbocycles. The van der Waals surface area contributed by atoms with Crippen LogP contribution in [0, 0.1) is 0 Å². The topological polar surface area (TPSA) is 3.24 Å². The smallest absolute Gasteiger partial charge is 0.105 e. The molecule has 9 heavy (non-hydrogen) atoms. The maximum atomic E-state index is 5.81. The molecule has 2 heteroatoms. The van der Waals surface area contributed by atoms with Crippen LogP contribution in [0.2, 0.25) is 0 Å². The largest absolute Gasteiger partial charge is 0.362 e. The highest BCUT2D eigenvalue weighted by molar-refractivity contribution is 6.29. The molecule has 0 radical (unpaired) electrons. The molecular formula is C7H10ClN. The number of hydrogen-bond acceptors (Lipinski definition) is 1. The molecule has 0 bridgehead atoms. The molecular weight excluding hydrogens is 134 g/mol. The van der Waals surface area contributed by atoms with E-state index in [2.05, 4.69) is 13.0 Å². The van der Waals surface area contributed by atoms with Gasteiger partial charge in [-0.05, 0) is 13.0 Å². The zero-order valence-corrected chi connectivity index (χ0v) is 6.44. The number of halogens is 1. The molecule has 0 fully saturated rings. The maximum absolute atomic E-state index is 5.81. The number of rotatable bonds is 0. The van der Waals surface area contributed by atoms with Crippen LogP contribution in [0.3, 0.4) is 0 Å². The second-order valence-electron chi connectivity index (χ2n) is 2.30. The van der Waals surface area contributed by atoms with E-state index >= 15 is 0 Å². The van der Waals surface area contributed by atoms with Crippen LogP contribution >= 0.6 is 11.6 Å². The van der Waals surface area contributed by atoms with Gasteiger partial charge in [0.2, 0.25) is 0 Å². The van der Waals surface area contributed by atoms with Gasteiger partial charge in [-0.15, -0.1) is 0 Å². The fourth-order valence-electron chi connectivity index (χ4n) is 0.725. The minimum atomic E-state index is 0.829. The van der Waals surface area contributed by atoms with Crippen molar-refractivity contribution >= 4 is 11.6 Å². The molecule has 1 heterocycles. The summed E-state index contributed by atoms with van der Waals surface area (Å²) in [4.78, 5) is 1.99. The molecule has 0 saturated heterocycles. The van der Waals surface area contributed by atoms with Crippen LogP contribution in [0.4, 0.5) is 0 Å². The quantitative estimate of drug-likeness (QED) is 0.469. The lowest BCUT2D eigenvalue weighted by Crippen LogP contribution is -2.17. The first kappa shape index (κ1) is 6.69. The van der Waals surface area contributed by atoms with Crippen LogP contribution in [0.5, 0.6) is 0 Å². The fourth-order valence-corrected chi connectivity index (χ4v) is 0.966. The summed E-state index contributed by atoms with van der Waals surface area (Å²) in [5.41, 5.74) is 1.25. The van der Waals surface area contributed by atoms with E-state index in [4.69, 9.17) is 11.6 Å². The number of nitrogens with zero attached hydrogens (tertiary/aromatic N) is 1. The number of likely N-dealkylation sites (N-methyl/N-ethyl adjacent to an activating group) is 1. The third-order valence-corrected chi connectivity index (χ3v) is 1.80. The van der Waals surface area contributed by atoms with Gasteiger partial charge in [0.05, 0.1) is 0 Å². The van der Waals surface area contributed by atoms with E-state index in [0.717, 1.165) is 11.7 Å². The van der Waals surface area contributed by atoms with Crippen molar-refractivity contribution < 1.29 is 0 Å². The highest BCUT2D eigenvalue weighted by Gasteiger charge is 2.03. The molecule has 1 nitrogen and oxygen atoms in total. The van der Waals surface area contributed by atoms with E-state index in [1.54, 1.807) is 0 Å². The molecule has 0 amide bonds. The summed E-state index contributed by atoms with van der Waals surface area (Å²) >= 11 is 5.81. The lowest BCUT2D eigenvalue weighted by molar-refractivity contribution is 0.487. The Morgan fingerprint density at radius 2 is 2.33 bits per heavy atom. The van der Waals surface area contributed by atoms with Gasteiger partial charge in [-0.2, -0.15) is 0 Å². The summed E-state index contributed by atoms with van der Waals surface area (Å²) in [6.45, 7) is 2.98. The molecule has 0 saturated carbocycles. The van der Waals surface area contributed by atoms with E-state index in [0.29, 0.717) is 0 Å². The van der Waals surface area contributed by atoms with Crippen molar-refractivity contribution in [1.29, 1.82) is 0 Å². The highest BCUT2D eigenvalue weighted by Crippen LogP contribution is 2.15. The normalized spacial score (nSPS) is 19.2. The molecule has 0 spiro atoms. The van der Waals surface area contributed by atoms with Gasteiger partial charge in [-0.25, -0.2) is 0 Å². The predicted molar refractivity (Wildman–Crippen MR) is 40.3 cm³/mol. The standard InChI is InChI=1S/C7H10ClN/c1-6-3-4-9(2)7(8)5-6/h3,5H,4H2,1-2H3. The van der Waals surface area contributed by atoms with Gasteiger partial charge in [0.15, 0.2) is 0 Å². The molecule has 0 aromatic rings. The van der Waals surface area contributed by atoms with Crippen molar-refractivity contribution in [2.24, 2.45) is 0 Å². The minimum absolute atomic E-state index is 0.829. The van der Waals surface area contributed by atoms with Crippen LogP contribution in [0.1, 0.15) is 6.92 Å². The molecule has 0 atom stereocenters. The molecule has 0 aromatic heterocycles. The molecule has 0 unspecified atom stereocenters. The Morgan fingerprint density at radius 1 is 1.67 bits per heavy atom. The van der Waals surface area contributed by atoms with Gasteiger partial charge in [0, 0.05) is 13.6 Å². The Labute approximate surface area is 60.6 Å². The predicted octanol–water partition coefficient (Wildman–Crippen LogP) is 1.96. The van der Waals surface area contributed by atoms with Gasteiger partial charge in [-0.3, -0.25) is 0 Å². The van der Waals surface area contributed by atoms with Crippen molar-refractivity contribution in [3.8, 4) is 0 Å². The zero-order valence-electron chi connectivity index (χ0n) is 5.69. The minimum Gasteiger partial charge on any atom is -0.362 e.